The second kappa shape index (κ2) is 19.4. The molecule has 0 unspecified atom stereocenters. The van der Waals surface area contributed by atoms with Gasteiger partial charge in [0, 0.05) is 13.1 Å². The average molecular weight is 448 g/mol. The summed E-state index contributed by atoms with van der Waals surface area (Å²) in [6.45, 7) is 4.22. The van der Waals surface area contributed by atoms with E-state index in [4.69, 9.17) is 0 Å². The predicted octanol–water partition coefficient (Wildman–Crippen LogP) is 10.1. The Morgan fingerprint density at radius 1 is 0.515 bits per heavy atom. The molecule has 0 spiro atoms. The van der Waals surface area contributed by atoms with E-state index in [-0.39, 0.29) is 0 Å². The van der Waals surface area contributed by atoms with Gasteiger partial charge in [-0.2, -0.15) is 0 Å². The van der Waals surface area contributed by atoms with Crippen LogP contribution >= 0.6 is 0 Å². The van der Waals surface area contributed by atoms with Crippen molar-refractivity contribution in [2.75, 3.05) is 0 Å². The summed E-state index contributed by atoms with van der Waals surface area (Å²) in [6, 6.07) is 21.6. The number of hydrogen-bond acceptors (Lipinski definition) is 1. The van der Waals surface area contributed by atoms with Crippen LogP contribution in [0.5, 0.6) is 0 Å². The van der Waals surface area contributed by atoms with Crippen molar-refractivity contribution >= 4 is 0 Å². The molecule has 182 valence electrons. The molecule has 33 heavy (non-hydrogen) atoms. The van der Waals surface area contributed by atoms with Crippen LogP contribution in [0.1, 0.15) is 114 Å². The van der Waals surface area contributed by atoms with Crippen LogP contribution in [0.15, 0.2) is 72.9 Å². The SMILES string of the molecule is CCCCCCCCCCCCCCCCC=CN(Cc1ccccc1)Cc1ccccc1. The molecule has 2 aromatic carbocycles. The minimum absolute atomic E-state index is 0.963. The molecule has 0 heterocycles. The first-order valence-corrected chi connectivity index (χ1v) is 13.9. The Morgan fingerprint density at radius 2 is 0.909 bits per heavy atom. The van der Waals surface area contributed by atoms with Gasteiger partial charge in [-0.05, 0) is 30.2 Å². The Bertz CT molecular complexity index is 649. The lowest BCUT2D eigenvalue weighted by molar-refractivity contribution is 0.360. The molecular formula is C32H49N. The summed E-state index contributed by atoms with van der Waals surface area (Å²) in [6.07, 6.45) is 25.8. The van der Waals surface area contributed by atoms with Crippen LogP contribution in [-0.2, 0) is 13.1 Å². The van der Waals surface area contributed by atoms with Gasteiger partial charge in [-0.1, -0.05) is 157 Å². The Balaban J connectivity index is 1.52. The lowest BCUT2D eigenvalue weighted by Crippen LogP contribution is -2.16. The highest BCUT2D eigenvalue weighted by Gasteiger charge is 2.02. The molecule has 0 aliphatic heterocycles. The molecule has 0 amide bonds. The standard InChI is InChI=1S/C32H49N/c1-2-3-4-5-6-7-8-9-10-11-12-13-14-15-16-23-28-33(29-31-24-19-17-20-25-31)30-32-26-21-18-22-27-32/h17-28H,2-16,29-30H2,1H3. The first kappa shape index (κ1) is 27.2. The lowest BCUT2D eigenvalue weighted by Gasteiger charge is -2.21. The summed E-state index contributed by atoms with van der Waals surface area (Å²) >= 11 is 0. The molecule has 1 heteroatoms. The van der Waals surface area contributed by atoms with Crippen molar-refractivity contribution in [3.63, 3.8) is 0 Å². The minimum atomic E-state index is 0.963. The number of unbranched alkanes of at least 4 members (excludes halogenated alkanes) is 14. The molecule has 2 aromatic rings. The molecule has 0 aromatic heterocycles. The summed E-state index contributed by atoms with van der Waals surface area (Å²) in [5.74, 6) is 0. The molecule has 0 fully saturated rings. The monoisotopic (exact) mass is 447 g/mol. The van der Waals surface area contributed by atoms with Gasteiger partial charge in [0.2, 0.25) is 0 Å². The van der Waals surface area contributed by atoms with Gasteiger partial charge in [0.1, 0.15) is 0 Å². The predicted molar refractivity (Wildman–Crippen MR) is 146 cm³/mol. The van der Waals surface area contributed by atoms with Crippen LogP contribution in [0.4, 0.5) is 0 Å². The van der Waals surface area contributed by atoms with Crippen LogP contribution in [-0.4, -0.2) is 4.90 Å². The van der Waals surface area contributed by atoms with E-state index in [0.717, 1.165) is 13.1 Å². The molecule has 0 atom stereocenters. The minimum Gasteiger partial charge on any atom is -0.369 e. The molecular weight excluding hydrogens is 398 g/mol. The smallest absolute Gasteiger partial charge is 0.0427 e. The summed E-state index contributed by atoms with van der Waals surface area (Å²) in [5, 5.41) is 0. The number of benzene rings is 2. The topological polar surface area (TPSA) is 3.24 Å². The summed E-state index contributed by atoms with van der Waals surface area (Å²) in [5.41, 5.74) is 2.74. The fraction of sp³-hybridized carbons (Fsp3) is 0.562. The van der Waals surface area contributed by atoms with E-state index >= 15 is 0 Å². The average Bonchev–Trinajstić information content (AvgIpc) is 2.85. The molecule has 0 N–H and O–H groups in total. The highest BCUT2D eigenvalue weighted by atomic mass is 15.1. The number of rotatable bonds is 20. The van der Waals surface area contributed by atoms with Gasteiger partial charge in [-0.3, -0.25) is 0 Å². The van der Waals surface area contributed by atoms with E-state index in [1.807, 2.05) is 0 Å². The largest absolute Gasteiger partial charge is 0.369 e. The summed E-state index contributed by atoms with van der Waals surface area (Å²) in [7, 11) is 0. The van der Waals surface area contributed by atoms with E-state index in [1.54, 1.807) is 0 Å². The van der Waals surface area contributed by atoms with Crippen molar-refractivity contribution in [3.8, 4) is 0 Å². The van der Waals surface area contributed by atoms with E-state index in [0.29, 0.717) is 0 Å². The van der Waals surface area contributed by atoms with Gasteiger partial charge >= 0.3 is 0 Å². The second-order valence-electron chi connectivity index (χ2n) is 9.65. The normalized spacial score (nSPS) is 11.3. The maximum Gasteiger partial charge on any atom is 0.0427 e. The van der Waals surface area contributed by atoms with Crippen molar-refractivity contribution in [1.82, 2.24) is 4.90 Å². The highest BCUT2D eigenvalue weighted by molar-refractivity contribution is 5.17. The van der Waals surface area contributed by atoms with Crippen LogP contribution in [0.25, 0.3) is 0 Å². The molecule has 0 aliphatic carbocycles. The quantitative estimate of drug-likeness (QED) is 0.182. The van der Waals surface area contributed by atoms with Crippen molar-refractivity contribution in [2.45, 2.75) is 116 Å². The second-order valence-corrected chi connectivity index (χ2v) is 9.65. The first-order chi connectivity index (χ1) is 16.4. The third kappa shape index (κ3) is 14.7. The van der Waals surface area contributed by atoms with Crippen molar-refractivity contribution in [1.29, 1.82) is 0 Å². The molecule has 0 bridgehead atoms. The fourth-order valence-corrected chi connectivity index (χ4v) is 4.48. The first-order valence-electron chi connectivity index (χ1n) is 13.9. The molecule has 0 radical (unpaired) electrons. The molecule has 2 rings (SSSR count). The number of allylic oxidation sites excluding steroid dienone is 1. The van der Waals surface area contributed by atoms with Gasteiger partial charge in [0.25, 0.3) is 0 Å². The zero-order valence-electron chi connectivity index (χ0n) is 21.4. The molecule has 0 saturated heterocycles. The van der Waals surface area contributed by atoms with Crippen molar-refractivity contribution in [2.24, 2.45) is 0 Å². The highest BCUT2D eigenvalue weighted by Crippen LogP contribution is 2.14. The number of nitrogens with zero attached hydrogens (tertiary/aromatic N) is 1. The van der Waals surface area contributed by atoms with Crippen molar-refractivity contribution in [3.05, 3.63) is 84.1 Å². The zero-order valence-corrected chi connectivity index (χ0v) is 21.4. The Morgan fingerprint density at radius 3 is 1.33 bits per heavy atom. The van der Waals surface area contributed by atoms with Crippen LogP contribution in [0.3, 0.4) is 0 Å². The Hall–Kier alpha value is -2.02. The van der Waals surface area contributed by atoms with Gasteiger partial charge < -0.3 is 4.90 Å². The molecule has 0 saturated carbocycles. The summed E-state index contributed by atoms with van der Waals surface area (Å²) < 4.78 is 0. The van der Waals surface area contributed by atoms with E-state index in [9.17, 15) is 0 Å². The van der Waals surface area contributed by atoms with Crippen LogP contribution in [0.2, 0.25) is 0 Å². The number of hydrogen-bond donors (Lipinski definition) is 0. The van der Waals surface area contributed by atoms with Crippen LogP contribution in [0, 0.1) is 0 Å². The van der Waals surface area contributed by atoms with Crippen molar-refractivity contribution < 1.29 is 0 Å². The van der Waals surface area contributed by atoms with E-state index in [1.165, 1.54) is 107 Å². The lowest BCUT2D eigenvalue weighted by atomic mass is 10.0. The summed E-state index contributed by atoms with van der Waals surface area (Å²) in [4.78, 5) is 2.44. The van der Waals surface area contributed by atoms with E-state index < -0.39 is 0 Å². The maximum atomic E-state index is 2.44. The maximum absolute atomic E-state index is 2.44. The van der Waals surface area contributed by atoms with Gasteiger partial charge in [0.15, 0.2) is 0 Å². The van der Waals surface area contributed by atoms with Gasteiger partial charge in [0.05, 0.1) is 0 Å². The molecule has 0 aliphatic rings. The van der Waals surface area contributed by atoms with Gasteiger partial charge in [-0.15, -0.1) is 0 Å². The Kier molecular flexibility index (Phi) is 16.0. The zero-order chi connectivity index (χ0) is 23.2. The van der Waals surface area contributed by atoms with E-state index in [2.05, 4.69) is 84.8 Å². The third-order valence-electron chi connectivity index (χ3n) is 6.50. The fourth-order valence-electron chi connectivity index (χ4n) is 4.48. The Labute approximate surface area is 205 Å². The van der Waals surface area contributed by atoms with Crippen LogP contribution < -0.4 is 0 Å². The third-order valence-corrected chi connectivity index (χ3v) is 6.50. The van der Waals surface area contributed by atoms with Gasteiger partial charge in [-0.25, -0.2) is 0 Å². The molecule has 1 nitrogen and oxygen atoms in total.